The van der Waals surface area contributed by atoms with Gasteiger partial charge in [-0.1, -0.05) is 42.6 Å². The van der Waals surface area contributed by atoms with Crippen LogP contribution >= 0.6 is 15.9 Å². The second kappa shape index (κ2) is 9.38. The Morgan fingerprint density at radius 2 is 1.74 bits per heavy atom. The molecular weight excluding hydrogens is 302 g/mol. The molecular formula is C16H26BrNO. The van der Waals surface area contributed by atoms with Gasteiger partial charge in [-0.05, 0) is 49.7 Å². The number of nitrogens with zero attached hydrogens (tertiary/aromatic N) is 1. The maximum absolute atomic E-state index is 5.31. The third-order valence-electron chi connectivity index (χ3n) is 3.30. The molecule has 19 heavy (non-hydrogen) atoms. The zero-order valence-corrected chi connectivity index (χ0v) is 14.0. The summed E-state index contributed by atoms with van der Waals surface area (Å²) >= 11 is 3.64. The number of ether oxygens (including phenoxy) is 1. The van der Waals surface area contributed by atoms with Gasteiger partial charge in [0.25, 0.3) is 0 Å². The van der Waals surface area contributed by atoms with Crippen LogP contribution in [0.25, 0.3) is 0 Å². The first-order chi connectivity index (χ1) is 9.21. The topological polar surface area (TPSA) is 12.5 Å². The fraction of sp³-hybridized carbons (Fsp3) is 0.625. The Bertz CT molecular complexity index is 360. The van der Waals surface area contributed by atoms with Gasteiger partial charge in [0.2, 0.25) is 0 Å². The average molecular weight is 328 g/mol. The summed E-state index contributed by atoms with van der Waals surface area (Å²) in [5, 5.41) is 0. The third kappa shape index (κ3) is 5.96. The van der Waals surface area contributed by atoms with E-state index in [2.05, 4.69) is 46.8 Å². The van der Waals surface area contributed by atoms with E-state index in [-0.39, 0.29) is 0 Å². The van der Waals surface area contributed by atoms with Gasteiger partial charge in [-0.25, -0.2) is 0 Å². The SMILES string of the molecule is CCCCN(CCCC)Cc1cc(OC)ccc1Br. The minimum atomic E-state index is 0.934. The predicted octanol–water partition coefficient (Wildman–Crippen LogP) is 4.86. The van der Waals surface area contributed by atoms with Crippen LogP contribution in [0.4, 0.5) is 0 Å². The highest BCUT2D eigenvalue weighted by Gasteiger charge is 2.09. The van der Waals surface area contributed by atoms with Gasteiger partial charge in [0, 0.05) is 11.0 Å². The molecule has 0 heterocycles. The van der Waals surface area contributed by atoms with Gasteiger partial charge >= 0.3 is 0 Å². The highest BCUT2D eigenvalue weighted by atomic mass is 79.9. The average Bonchev–Trinajstić information content (AvgIpc) is 2.43. The number of rotatable bonds is 9. The van der Waals surface area contributed by atoms with Crippen molar-refractivity contribution >= 4 is 15.9 Å². The van der Waals surface area contributed by atoms with Gasteiger partial charge in [0.15, 0.2) is 0 Å². The van der Waals surface area contributed by atoms with Gasteiger partial charge in [-0.2, -0.15) is 0 Å². The molecule has 0 aliphatic heterocycles. The van der Waals surface area contributed by atoms with Crippen molar-refractivity contribution in [3.8, 4) is 5.75 Å². The lowest BCUT2D eigenvalue weighted by atomic mass is 10.1. The lowest BCUT2D eigenvalue weighted by Gasteiger charge is -2.23. The third-order valence-corrected chi connectivity index (χ3v) is 4.08. The summed E-state index contributed by atoms with van der Waals surface area (Å²) in [6.07, 6.45) is 5.04. The van der Waals surface area contributed by atoms with Crippen molar-refractivity contribution in [3.63, 3.8) is 0 Å². The van der Waals surface area contributed by atoms with Crippen LogP contribution in [0.3, 0.4) is 0 Å². The Balaban J connectivity index is 2.70. The van der Waals surface area contributed by atoms with E-state index >= 15 is 0 Å². The van der Waals surface area contributed by atoms with Crippen molar-refractivity contribution in [2.45, 2.75) is 46.1 Å². The second-order valence-corrected chi connectivity index (χ2v) is 5.79. The van der Waals surface area contributed by atoms with Crippen LogP contribution in [-0.2, 0) is 6.54 Å². The van der Waals surface area contributed by atoms with Crippen molar-refractivity contribution in [2.24, 2.45) is 0 Å². The molecule has 0 atom stereocenters. The maximum atomic E-state index is 5.31. The molecule has 0 spiro atoms. The first-order valence-electron chi connectivity index (χ1n) is 7.26. The standard InChI is InChI=1S/C16H26BrNO/c1-4-6-10-18(11-7-5-2)13-14-12-15(19-3)8-9-16(14)17/h8-9,12H,4-7,10-11,13H2,1-3H3. The number of hydrogen-bond acceptors (Lipinski definition) is 2. The molecule has 0 fully saturated rings. The highest BCUT2D eigenvalue weighted by molar-refractivity contribution is 9.10. The number of methoxy groups -OCH3 is 1. The smallest absolute Gasteiger partial charge is 0.119 e. The minimum Gasteiger partial charge on any atom is -0.497 e. The van der Waals surface area contributed by atoms with Crippen LogP contribution < -0.4 is 4.74 Å². The molecule has 108 valence electrons. The van der Waals surface area contributed by atoms with Crippen LogP contribution in [0.15, 0.2) is 22.7 Å². The number of halogens is 1. The molecule has 0 radical (unpaired) electrons. The van der Waals surface area contributed by atoms with Crippen molar-refractivity contribution in [1.82, 2.24) is 4.90 Å². The number of benzene rings is 1. The summed E-state index contributed by atoms with van der Waals surface area (Å²) in [5.74, 6) is 0.934. The van der Waals surface area contributed by atoms with Crippen LogP contribution in [0, 0.1) is 0 Å². The van der Waals surface area contributed by atoms with Gasteiger partial charge in [0.1, 0.15) is 5.75 Å². The van der Waals surface area contributed by atoms with Crippen LogP contribution in [-0.4, -0.2) is 25.1 Å². The molecule has 0 aliphatic carbocycles. The van der Waals surface area contributed by atoms with E-state index in [0.29, 0.717) is 0 Å². The molecule has 0 N–H and O–H groups in total. The lowest BCUT2D eigenvalue weighted by molar-refractivity contribution is 0.256. The Kier molecular flexibility index (Phi) is 8.15. The molecule has 0 aliphatic rings. The maximum Gasteiger partial charge on any atom is 0.119 e. The predicted molar refractivity (Wildman–Crippen MR) is 85.8 cm³/mol. The van der Waals surface area contributed by atoms with Crippen molar-refractivity contribution in [3.05, 3.63) is 28.2 Å². The van der Waals surface area contributed by atoms with Crippen molar-refractivity contribution in [1.29, 1.82) is 0 Å². The van der Waals surface area contributed by atoms with E-state index in [1.54, 1.807) is 7.11 Å². The Morgan fingerprint density at radius 3 is 2.26 bits per heavy atom. The first kappa shape index (κ1) is 16.5. The normalized spacial score (nSPS) is 11.0. The van der Waals surface area contributed by atoms with E-state index in [1.807, 2.05) is 6.07 Å². The molecule has 0 unspecified atom stereocenters. The largest absolute Gasteiger partial charge is 0.497 e. The van der Waals surface area contributed by atoms with Gasteiger partial charge < -0.3 is 4.74 Å². The van der Waals surface area contributed by atoms with Gasteiger partial charge in [-0.3, -0.25) is 4.90 Å². The molecule has 1 rings (SSSR count). The van der Waals surface area contributed by atoms with Gasteiger partial charge in [0.05, 0.1) is 7.11 Å². The molecule has 0 saturated carbocycles. The molecule has 0 saturated heterocycles. The quantitative estimate of drug-likeness (QED) is 0.642. The Hall–Kier alpha value is -0.540. The zero-order chi connectivity index (χ0) is 14.1. The zero-order valence-electron chi connectivity index (χ0n) is 12.4. The summed E-state index contributed by atoms with van der Waals surface area (Å²) in [6, 6.07) is 6.21. The van der Waals surface area contributed by atoms with E-state index in [9.17, 15) is 0 Å². The summed E-state index contributed by atoms with van der Waals surface area (Å²) in [5.41, 5.74) is 1.31. The van der Waals surface area contributed by atoms with Crippen LogP contribution in [0.5, 0.6) is 5.75 Å². The molecule has 0 aromatic heterocycles. The summed E-state index contributed by atoms with van der Waals surface area (Å²) < 4.78 is 6.49. The summed E-state index contributed by atoms with van der Waals surface area (Å²) in [4.78, 5) is 2.55. The Labute approximate surface area is 126 Å². The fourth-order valence-electron chi connectivity index (χ4n) is 2.07. The second-order valence-electron chi connectivity index (χ2n) is 4.94. The van der Waals surface area contributed by atoms with Crippen LogP contribution in [0.2, 0.25) is 0 Å². The van der Waals surface area contributed by atoms with E-state index in [4.69, 9.17) is 4.74 Å². The fourth-order valence-corrected chi connectivity index (χ4v) is 2.45. The van der Waals surface area contributed by atoms with Crippen molar-refractivity contribution in [2.75, 3.05) is 20.2 Å². The molecule has 2 nitrogen and oxygen atoms in total. The molecule has 1 aromatic rings. The highest BCUT2D eigenvalue weighted by Crippen LogP contribution is 2.24. The van der Waals surface area contributed by atoms with Crippen LogP contribution in [0.1, 0.15) is 45.1 Å². The molecule has 0 amide bonds. The first-order valence-corrected chi connectivity index (χ1v) is 8.05. The number of hydrogen-bond donors (Lipinski definition) is 0. The molecule has 1 aromatic carbocycles. The molecule has 3 heteroatoms. The monoisotopic (exact) mass is 327 g/mol. The van der Waals surface area contributed by atoms with Crippen molar-refractivity contribution < 1.29 is 4.74 Å². The Morgan fingerprint density at radius 1 is 1.11 bits per heavy atom. The summed E-state index contributed by atoms with van der Waals surface area (Å²) in [6.45, 7) is 7.86. The van der Waals surface area contributed by atoms with E-state index in [1.165, 1.54) is 48.8 Å². The van der Waals surface area contributed by atoms with E-state index in [0.717, 1.165) is 12.3 Å². The number of unbranched alkanes of at least 4 members (excludes halogenated alkanes) is 2. The minimum absolute atomic E-state index is 0.934. The molecule has 0 bridgehead atoms. The summed E-state index contributed by atoms with van der Waals surface area (Å²) in [7, 11) is 1.72. The lowest BCUT2D eigenvalue weighted by Crippen LogP contribution is -2.25. The van der Waals surface area contributed by atoms with E-state index < -0.39 is 0 Å². The van der Waals surface area contributed by atoms with Gasteiger partial charge in [-0.15, -0.1) is 0 Å².